The van der Waals surface area contributed by atoms with Crippen molar-refractivity contribution in [3.63, 3.8) is 0 Å². The fourth-order valence-corrected chi connectivity index (χ4v) is 2.97. The monoisotopic (exact) mass is 366 g/mol. The quantitative estimate of drug-likeness (QED) is 0.596. The van der Waals surface area contributed by atoms with E-state index in [1.165, 1.54) is 0 Å². The number of hydrogen-bond acceptors (Lipinski definition) is 6. The molecule has 144 valence electrons. The molecular weight excluding hydrogens is 340 g/mol. The molecule has 0 aromatic carbocycles. The van der Waals surface area contributed by atoms with E-state index in [1.807, 2.05) is 0 Å². The summed E-state index contributed by atoms with van der Waals surface area (Å²) < 4.78 is 5.04. The van der Waals surface area contributed by atoms with E-state index < -0.39 is 12.1 Å². The van der Waals surface area contributed by atoms with Gasteiger partial charge in [-0.25, -0.2) is 4.98 Å². The Morgan fingerprint density at radius 3 is 2.81 bits per heavy atom. The molecule has 0 radical (unpaired) electrons. The Morgan fingerprint density at radius 2 is 2.15 bits per heavy atom. The van der Waals surface area contributed by atoms with Gasteiger partial charge in [0.25, 0.3) is 5.56 Å². The number of nitrogens with one attached hydrogen (secondary N) is 2. The van der Waals surface area contributed by atoms with Gasteiger partial charge in [0.05, 0.1) is 18.6 Å². The van der Waals surface area contributed by atoms with Gasteiger partial charge in [0.15, 0.2) is 0 Å². The van der Waals surface area contributed by atoms with Crippen LogP contribution in [0.5, 0.6) is 0 Å². The first-order valence-electron chi connectivity index (χ1n) is 8.71. The van der Waals surface area contributed by atoms with Crippen LogP contribution in [0.2, 0.25) is 0 Å². The Hall–Kier alpha value is -2.26. The highest BCUT2D eigenvalue weighted by atomic mass is 16.5. The van der Waals surface area contributed by atoms with Gasteiger partial charge in [-0.3, -0.25) is 14.4 Å². The normalized spacial score (nSPS) is 20.1. The molecule has 2 rings (SSSR count). The maximum Gasteiger partial charge on any atom is 0.254 e. The number of carbonyl (C=O) groups excluding carboxylic acids is 2. The molecule has 9 nitrogen and oxygen atoms in total. The molecule has 3 N–H and O–H groups in total. The van der Waals surface area contributed by atoms with Crippen LogP contribution >= 0.6 is 0 Å². The number of amides is 2. The van der Waals surface area contributed by atoms with Gasteiger partial charge >= 0.3 is 0 Å². The molecule has 1 aliphatic rings. The van der Waals surface area contributed by atoms with E-state index in [-0.39, 0.29) is 36.9 Å². The van der Waals surface area contributed by atoms with Gasteiger partial charge in [-0.05, 0) is 27.2 Å². The lowest BCUT2D eigenvalue weighted by atomic mass is 10.0. The molecule has 1 fully saturated rings. The van der Waals surface area contributed by atoms with Gasteiger partial charge in [-0.2, -0.15) is 0 Å². The summed E-state index contributed by atoms with van der Waals surface area (Å²) in [5, 5.41) is 12.8. The van der Waals surface area contributed by atoms with Crippen LogP contribution in [0.25, 0.3) is 0 Å². The molecule has 2 heterocycles. The highest BCUT2D eigenvalue weighted by Gasteiger charge is 2.31. The second-order valence-corrected chi connectivity index (χ2v) is 6.40. The van der Waals surface area contributed by atoms with Crippen molar-refractivity contribution < 1.29 is 19.4 Å². The van der Waals surface area contributed by atoms with Crippen LogP contribution < -0.4 is 10.9 Å². The Morgan fingerprint density at radius 1 is 1.42 bits per heavy atom. The van der Waals surface area contributed by atoms with Crippen molar-refractivity contribution in [3.05, 3.63) is 27.4 Å². The number of aromatic nitrogens is 2. The zero-order valence-corrected chi connectivity index (χ0v) is 15.4. The Bertz CT molecular complexity index is 718. The van der Waals surface area contributed by atoms with Crippen LogP contribution in [0.1, 0.15) is 30.4 Å². The highest BCUT2D eigenvalue weighted by Crippen LogP contribution is 2.13. The van der Waals surface area contributed by atoms with Crippen molar-refractivity contribution in [1.82, 2.24) is 20.2 Å². The smallest absolute Gasteiger partial charge is 0.254 e. The molecule has 9 heteroatoms. The summed E-state index contributed by atoms with van der Waals surface area (Å²) in [6.07, 6.45) is -0.437. The van der Waals surface area contributed by atoms with Crippen LogP contribution in [-0.4, -0.2) is 70.2 Å². The fourth-order valence-electron chi connectivity index (χ4n) is 2.97. The van der Waals surface area contributed by atoms with Gasteiger partial charge in [-0.1, -0.05) is 0 Å². The van der Waals surface area contributed by atoms with E-state index in [0.717, 1.165) is 0 Å². The first-order valence-corrected chi connectivity index (χ1v) is 8.71. The molecular formula is C17H26N4O5. The SMILES string of the molecule is CCOCC(=O)N[C@@H]1CN(C(=O)Cc2c(C)nc(C)[nH]c2=O)CC[C@@H]1O. The zero-order chi connectivity index (χ0) is 19.3. The average molecular weight is 366 g/mol. The maximum absolute atomic E-state index is 12.6. The summed E-state index contributed by atoms with van der Waals surface area (Å²) in [6.45, 7) is 6.05. The lowest BCUT2D eigenvalue weighted by Gasteiger charge is -2.36. The van der Waals surface area contributed by atoms with Gasteiger partial charge in [-0.15, -0.1) is 0 Å². The number of ether oxygens (including phenoxy) is 1. The lowest BCUT2D eigenvalue weighted by Crippen LogP contribution is -2.57. The Balaban J connectivity index is 2.01. The van der Waals surface area contributed by atoms with E-state index in [0.29, 0.717) is 36.7 Å². The summed E-state index contributed by atoms with van der Waals surface area (Å²) in [5.41, 5.74) is 0.545. The molecule has 26 heavy (non-hydrogen) atoms. The van der Waals surface area contributed by atoms with Crippen molar-refractivity contribution >= 4 is 11.8 Å². The summed E-state index contributed by atoms with van der Waals surface area (Å²) in [4.78, 5) is 44.8. The Labute approximate surface area is 151 Å². The summed E-state index contributed by atoms with van der Waals surface area (Å²) in [7, 11) is 0. The number of aryl methyl sites for hydroxylation is 2. The predicted octanol–water partition coefficient (Wildman–Crippen LogP) is -0.956. The second-order valence-electron chi connectivity index (χ2n) is 6.40. The molecule has 1 saturated heterocycles. The number of aromatic amines is 1. The fraction of sp³-hybridized carbons (Fsp3) is 0.647. The molecule has 2 amide bonds. The number of rotatable bonds is 6. The third-order valence-corrected chi connectivity index (χ3v) is 4.38. The first kappa shape index (κ1) is 20.1. The summed E-state index contributed by atoms with van der Waals surface area (Å²) >= 11 is 0. The summed E-state index contributed by atoms with van der Waals surface area (Å²) in [5.74, 6) is -0.0673. The van der Waals surface area contributed by atoms with Crippen LogP contribution in [-0.2, 0) is 20.7 Å². The standard InChI is InChI=1S/C17H26N4O5/c1-4-26-9-15(23)20-13-8-21(6-5-14(13)22)16(24)7-12-10(2)18-11(3)19-17(12)25/h13-14,22H,4-9H2,1-3H3,(H,20,23)(H,18,19,25)/t13-,14+/m1/s1. The molecule has 0 spiro atoms. The highest BCUT2D eigenvalue weighted by molar-refractivity contribution is 5.80. The van der Waals surface area contributed by atoms with Crippen molar-refractivity contribution in [2.45, 2.75) is 45.8 Å². The molecule has 0 bridgehead atoms. The van der Waals surface area contributed by atoms with Crippen molar-refractivity contribution in [1.29, 1.82) is 0 Å². The van der Waals surface area contributed by atoms with Crippen LogP contribution in [0.4, 0.5) is 0 Å². The van der Waals surface area contributed by atoms with Gasteiger partial charge < -0.3 is 25.0 Å². The van der Waals surface area contributed by atoms with Crippen molar-refractivity contribution in [3.8, 4) is 0 Å². The molecule has 0 aliphatic carbocycles. The topological polar surface area (TPSA) is 125 Å². The van der Waals surface area contributed by atoms with Crippen molar-refractivity contribution in [2.75, 3.05) is 26.3 Å². The van der Waals surface area contributed by atoms with E-state index >= 15 is 0 Å². The second kappa shape index (κ2) is 8.91. The molecule has 1 aromatic heterocycles. The molecule has 0 saturated carbocycles. The minimum atomic E-state index is -0.726. The van der Waals surface area contributed by atoms with Gasteiger partial charge in [0, 0.05) is 31.0 Å². The third-order valence-electron chi connectivity index (χ3n) is 4.38. The average Bonchev–Trinajstić information content (AvgIpc) is 2.58. The number of likely N-dealkylation sites (tertiary alicyclic amines) is 1. The van der Waals surface area contributed by atoms with E-state index in [4.69, 9.17) is 4.74 Å². The minimum Gasteiger partial charge on any atom is -0.391 e. The van der Waals surface area contributed by atoms with E-state index in [9.17, 15) is 19.5 Å². The third kappa shape index (κ3) is 5.12. The zero-order valence-electron chi connectivity index (χ0n) is 15.4. The van der Waals surface area contributed by atoms with Crippen LogP contribution in [0, 0.1) is 13.8 Å². The van der Waals surface area contributed by atoms with E-state index in [2.05, 4.69) is 15.3 Å². The number of nitrogens with zero attached hydrogens (tertiary/aromatic N) is 2. The van der Waals surface area contributed by atoms with Gasteiger partial charge in [0.1, 0.15) is 12.4 Å². The van der Waals surface area contributed by atoms with Crippen LogP contribution in [0.3, 0.4) is 0 Å². The maximum atomic E-state index is 12.6. The largest absolute Gasteiger partial charge is 0.391 e. The minimum absolute atomic E-state index is 0.0653. The number of piperidine rings is 1. The number of carbonyl (C=O) groups is 2. The number of aliphatic hydroxyl groups is 1. The molecule has 1 aromatic rings. The molecule has 1 aliphatic heterocycles. The number of aliphatic hydroxyl groups excluding tert-OH is 1. The Kier molecular flexibility index (Phi) is 6.87. The number of hydrogen-bond donors (Lipinski definition) is 3. The van der Waals surface area contributed by atoms with E-state index in [1.54, 1.807) is 25.7 Å². The van der Waals surface area contributed by atoms with Crippen molar-refractivity contribution in [2.24, 2.45) is 0 Å². The first-order chi connectivity index (χ1) is 12.3. The number of H-pyrrole nitrogens is 1. The molecule has 2 atom stereocenters. The summed E-state index contributed by atoms with van der Waals surface area (Å²) in [6, 6.07) is -0.559. The predicted molar refractivity (Wildman–Crippen MR) is 93.7 cm³/mol. The van der Waals surface area contributed by atoms with Crippen LogP contribution in [0.15, 0.2) is 4.79 Å². The van der Waals surface area contributed by atoms with Gasteiger partial charge in [0.2, 0.25) is 11.8 Å². The lowest BCUT2D eigenvalue weighted by molar-refractivity contribution is -0.136. The molecule has 0 unspecified atom stereocenters.